The second-order valence-corrected chi connectivity index (χ2v) is 11.9. The fourth-order valence-corrected chi connectivity index (χ4v) is 2.99. The maximum Gasteiger partial charge on any atom is 0.405 e. The second kappa shape index (κ2) is 6.56. The third-order valence-corrected chi connectivity index (χ3v) is 3.84. The van der Waals surface area contributed by atoms with Crippen LogP contribution in [0.25, 0.3) is 5.76 Å². The molecule has 1 unspecified atom stereocenters. The zero-order chi connectivity index (χ0) is 17.1. The number of hydrogen-bond acceptors (Lipinski definition) is 3. The van der Waals surface area contributed by atoms with Crippen LogP contribution in [0.15, 0.2) is 30.8 Å². The number of benzene rings is 1. The van der Waals surface area contributed by atoms with Crippen molar-refractivity contribution in [2.75, 3.05) is 0 Å². The summed E-state index contributed by atoms with van der Waals surface area (Å²) in [6.45, 7) is 16.3. The minimum absolute atomic E-state index is 0.248. The molecule has 0 saturated carbocycles. The molecule has 5 heteroatoms. The van der Waals surface area contributed by atoms with Gasteiger partial charge >= 0.3 is 6.09 Å². The van der Waals surface area contributed by atoms with Gasteiger partial charge in [0.2, 0.25) is 8.32 Å². The highest BCUT2D eigenvalue weighted by Crippen LogP contribution is 2.36. The number of carbonyl (C=O) groups is 1. The van der Waals surface area contributed by atoms with Crippen molar-refractivity contribution in [3.63, 3.8) is 0 Å². The van der Waals surface area contributed by atoms with Crippen LogP contribution in [0, 0.1) is 5.41 Å². The molecule has 0 aliphatic carbocycles. The molecule has 1 rings (SSSR count). The van der Waals surface area contributed by atoms with E-state index in [1.54, 1.807) is 0 Å². The first-order valence-electron chi connectivity index (χ1n) is 7.34. The lowest BCUT2D eigenvalue weighted by atomic mass is 9.84. The standard InChI is InChI=1S/C17H27NO3Si/c1-12(21-22(5,6)7)13-8-10-14(11-9-13)15(17(2,3)4)20-16(18)19/h8-11,15H,1H2,2-7H3,(H2,18,19). The number of ether oxygens (including phenoxy) is 1. The normalized spacial score (nSPS) is 13.4. The van der Waals surface area contributed by atoms with Crippen LogP contribution in [-0.4, -0.2) is 14.4 Å². The fourth-order valence-electron chi connectivity index (χ4n) is 2.13. The number of hydrogen-bond donors (Lipinski definition) is 1. The zero-order valence-electron chi connectivity index (χ0n) is 14.4. The minimum atomic E-state index is -1.68. The lowest BCUT2D eigenvalue weighted by Crippen LogP contribution is -2.27. The van der Waals surface area contributed by atoms with Crippen molar-refractivity contribution >= 4 is 20.2 Å². The first kappa shape index (κ1) is 18.3. The Balaban J connectivity index is 2.99. The number of rotatable bonds is 5. The summed E-state index contributed by atoms with van der Waals surface area (Å²) in [4.78, 5) is 11.1. The zero-order valence-corrected chi connectivity index (χ0v) is 15.4. The van der Waals surface area contributed by atoms with Gasteiger partial charge in [-0.15, -0.1) is 0 Å². The molecule has 0 aromatic heterocycles. The molecule has 2 N–H and O–H groups in total. The Morgan fingerprint density at radius 2 is 1.68 bits per heavy atom. The van der Waals surface area contributed by atoms with Gasteiger partial charge in [0.25, 0.3) is 0 Å². The predicted octanol–water partition coefficient (Wildman–Crippen LogP) is 4.69. The number of amides is 1. The Morgan fingerprint density at radius 3 is 2.05 bits per heavy atom. The number of primary amides is 1. The van der Waals surface area contributed by atoms with Crippen LogP contribution in [0.4, 0.5) is 4.79 Å². The Kier molecular flexibility index (Phi) is 5.46. The topological polar surface area (TPSA) is 61.6 Å². The van der Waals surface area contributed by atoms with Crippen LogP contribution < -0.4 is 5.73 Å². The van der Waals surface area contributed by atoms with E-state index in [1.165, 1.54) is 0 Å². The summed E-state index contributed by atoms with van der Waals surface area (Å²) >= 11 is 0. The van der Waals surface area contributed by atoms with Gasteiger partial charge < -0.3 is 14.9 Å². The SMILES string of the molecule is C=C(O[Si](C)(C)C)c1ccc(C(OC(N)=O)C(C)(C)C)cc1. The molecule has 1 amide bonds. The van der Waals surface area contributed by atoms with Gasteiger partial charge in [0, 0.05) is 11.0 Å². The Morgan fingerprint density at radius 1 is 1.18 bits per heavy atom. The van der Waals surface area contributed by atoms with Gasteiger partial charge in [-0.3, -0.25) is 0 Å². The van der Waals surface area contributed by atoms with Gasteiger partial charge in [-0.2, -0.15) is 0 Å². The maximum atomic E-state index is 11.1. The largest absolute Gasteiger partial charge is 0.544 e. The van der Waals surface area contributed by atoms with Crippen LogP contribution in [0.3, 0.4) is 0 Å². The van der Waals surface area contributed by atoms with Gasteiger partial charge in [-0.1, -0.05) is 51.6 Å². The summed E-state index contributed by atoms with van der Waals surface area (Å²) in [5, 5.41) is 0. The molecule has 0 saturated heterocycles. The predicted molar refractivity (Wildman–Crippen MR) is 92.8 cm³/mol. The number of nitrogens with two attached hydrogens (primary N) is 1. The van der Waals surface area contributed by atoms with E-state index in [1.807, 2.05) is 45.0 Å². The van der Waals surface area contributed by atoms with Crippen molar-refractivity contribution in [3.8, 4) is 0 Å². The lowest BCUT2D eigenvalue weighted by Gasteiger charge is -2.30. The monoisotopic (exact) mass is 321 g/mol. The molecule has 1 atom stereocenters. The Hall–Kier alpha value is -1.75. The molecule has 0 bridgehead atoms. The van der Waals surface area contributed by atoms with Crippen molar-refractivity contribution in [3.05, 3.63) is 42.0 Å². The molecule has 0 radical (unpaired) electrons. The first-order chi connectivity index (χ1) is 9.90. The molecule has 0 aliphatic rings. The molecular formula is C17H27NO3Si. The van der Waals surface area contributed by atoms with E-state index in [-0.39, 0.29) is 5.41 Å². The van der Waals surface area contributed by atoms with Gasteiger partial charge in [-0.05, 0) is 25.2 Å². The molecule has 0 spiro atoms. The highest BCUT2D eigenvalue weighted by atomic mass is 28.4. The highest BCUT2D eigenvalue weighted by molar-refractivity contribution is 6.70. The molecule has 0 heterocycles. The number of carbonyl (C=O) groups excluding carboxylic acids is 1. The van der Waals surface area contributed by atoms with E-state index in [0.717, 1.165) is 11.1 Å². The summed E-state index contributed by atoms with van der Waals surface area (Å²) in [7, 11) is -1.68. The summed E-state index contributed by atoms with van der Waals surface area (Å²) < 4.78 is 11.2. The van der Waals surface area contributed by atoms with Crippen molar-refractivity contribution in [2.45, 2.75) is 46.5 Å². The van der Waals surface area contributed by atoms with E-state index in [2.05, 4.69) is 26.2 Å². The highest BCUT2D eigenvalue weighted by Gasteiger charge is 2.29. The quantitative estimate of drug-likeness (QED) is 0.632. The Labute approximate surface area is 134 Å². The van der Waals surface area contributed by atoms with Crippen LogP contribution >= 0.6 is 0 Å². The molecule has 122 valence electrons. The average Bonchev–Trinajstić information content (AvgIpc) is 2.32. The van der Waals surface area contributed by atoms with Crippen LogP contribution in [-0.2, 0) is 9.16 Å². The van der Waals surface area contributed by atoms with Crippen LogP contribution in [0.2, 0.25) is 19.6 Å². The maximum absolute atomic E-state index is 11.1. The second-order valence-electron chi connectivity index (χ2n) is 7.44. The van der Waals surface area contributed by atoms with E-state index >= 15 is 0 Å². The van der Waals surface area contributed by atoms with Crippen molar-refractivity contribution in [2.24, 2.45) is 11.1 Å². The third kappa shape index (κ3) is 5.56. The molecule has 0 aliphatic heterocycles. The molecule has 22 heavy (non-hydrogen) atoms. The molecule has 1 aromatic rings. The summed E-state index contributed by atoms with van der Waals surface area (Å²) in [6.07, 6.45) is -1.17. The smallest absolute Gasteiger partial charge is 0.405 e. The van der Waals surface area contributed by atoms with E-state index in [0.29, 0.717) is 5.76 Å². The van der Waals surface area contributed by atoms with Gasteiger partial charge in [0.15, 0.2) is 0 Å². The summed E-state index contributed by atoms with van der Waals surface area (Å²) in [5.74, 6) is 0.675. The first-order valence-corrected chi connectivity index (χ1v) is 10.8. The molecular weight excluding hydrogens is 294 g/mol. The summed E-state index contributed by atoms with van der Waals surface area (Å²) in [6, 6.07) is 7.71. The fraction of sp³-hybridized carbons (Fsp3) is 0.471. The molecule has 1 aromatic carbocycles. The van der Waals surface area contributed by atoms with E-state index < -0.39 is 20.5 Å². The minimum Gasteiger partial charge on any atom is -0.544 e. The van der Waals surface area contributed by atoms with Gasteiger partial charge in [0.05, 0.1) is 0 Å². The average molecular weight is 321 g/mol. The lowest BCUT2D eigenvalue weighted by molar-refractivity contribution is 0.0360. The molecule has 4 nitrogen and oxygen atoms in total. The van der Waals surface area contributed by atoms with Crippen molar-refractivity contribution in [1.82, 2.24) is 0 Å². The Bertz CT molecular complexity index is 539. The van der Waals surface area contributed by atoms with Crippen LogP contribution in [0.5, 0.6) is 0 Å². The van der Waals surface area contributed by atoms with E-state index in [9.17, 15) is 4.79 Å². The molecule has 0 fully saturated rings. The van der Waals surface area contributed by atoms with Crippen molar-refractivity contribution < 1.29 is 14.0 Å². The summed E-state index contributed by atoms with van der Waals surface area (Å²) in [5.41, 5.74) is 6.76. The van der Waals surface area contributed by atoms with Gasteiger partial charge in [0.1, 0.15) is 11.9 Å². The van der Waals surface area contributed by atoms with Gasteiger partial charge in [-0.25, -0.2) is 4.79 Å². The van der Waals surface area contributed by atoms with E-state index in [4.69, 9.17) is 14.9 Å². The van der Waals surface area contributed by atoms with Crippen molar-refractivity contribution in [1.29, 1.82) is 0 Å². The van der Waals surface area contributed by atoms with Crippen LogP contribution in [0.1, 0.15) is 38.0 Å². The third-order valence-electron chi connectivity index (χ3n) is 2.99.